The van der Waals surface area contributed by atoms with Crippen LogP contribution < -0.4 is 5.32 Å². The van der Waals surface area contributed by atoms with Gasteiger partial charge in [-0.1, -0.05) is 60.7 Å². The first-order valence-corrected chi connectivity index (χ1v) is 12.1. The Kier molecular flexibility index (Phi) is 5.63. The molecule has 0 radical (unpaired) electrons. The molecule has 1 saturated carbocycles. The second kappa shape index (κ2) is 8.58. The number of nitrogens with zero attached hydrogens (tertiary/aromatic N) is 3. The standard InChI is InChI=1S/C24H26N4O3S/c1-2-6-19-26-27-24(32-19)25-18(29)13-17(14-7-4-3-5-8-14)28-22(30)20-15-9-10-16(12-11-15)21(20)23(28)31/h3-5,7-10,15-17,20-21H,2,6,11-13H2,1H3,(H,25,27,29)/t15-,16-,17+,20-,21+/m0/s1. The van der Waals surface area contributed by atoms with E-state index in [-0.39, 0.29) is 47.8 Å². The summed E-state index contributed by atoms with van der Waals surface area (Å²) in [6, 6.07) is 8.73. The zero-order valence-corrected chi connectivity index (χ0v) is 18.8. The lowest BCUT2D eigenvalue weighted by Gasteiger charge is -2.38. The summed E-state index contributed by atoms with van der Waals surface area (Å²) in [5, 5.41) is 12.3. The van der Waals surface area contributed by atoms with Gasteiger partial charge in [0, 0.05) is 6.42 Å². The van der Waals surface area contributed by atoms with Crippen molar-refractivity contribution < 1.29 is 14.4 Å². The molecule has 0 spiro atoms. The topological polar surface area (TPSA) is 92.3 Å². The highest BCUT2D eigenvalue weighted by Crippen LogP contribution is 2.51. The van der Waals surface area contributed by atoms with Crippen molar-refractivity contribution in [2.24, 2.45) is 23.7 Å². The molecule has 32 heavy (non-hydrogen) atoms. The van der Waals surface area contributed by atoms with Gasteiger partial charge in [-0.05, 0) is 36.7 Å². The average Bonchev–Trinajstić information content (AvgIpc) is 3.36. The Hall–Kier alpha value is -2.87. The monoisotopic (exact) mass is 450 g/mol. The van der Waals surface area contributed by atoms with Gasteiger partial charge in [-0.25, -0.2) is 0 Å². The quantitative estimate of drug-likeness (QED) is 0.512. The number of anilines is 1. The molecule has 1 aromatic heterocycles. The van der Waals surface area contributed by atoms with Gasteiger partial charge in [0.15, 0.2) is 0 Å². The molecule has 8 heteroatoms. The van der Waals surface area contributed by atoms with Crippen molar-refractivity contribution in [3.05, 3.63) is 53.1 Å². The van der Waals surface area contributed by atoms with Crippen molar-refractivity contribution in [2.45, 2.75) is 45.1 Å². The van der Waals surface area contributed by atoms with E-state index in [1.54, 1.807) is 0 Å². The highest BCUT2D eigenvalue weighted by Gasteiger charge is 2.58. The van der Waals surface area contributed by atoms with Gasteiger partial charge < -0.3 is 5.32 Å². The van der Waals surface area contributed by atoms with Gasteiger partial charge in [0.1, 0.15) is 5.01 Å². The number of likely N-dealkylation sites (tertiary alicyclic amines) is 1. The summed E-state index contributed by atoms with van der Waals surface area (Å²) in [7, 11) is 0. The number of benzene rings is 1. The molecule has 6 rings (SSSR count). The third-order valence-corrected chi connectivity index (χ3v) is 7.74. The molecular formula is C24H26N4O3S. The van der Waals surface area contributed by atoms with Crippen LogP contribution in [0.5, 0.6) is 0 Å². The van der Waals surface area contributed by atoms with Crippen LogP contribution in [0.2, 0.25) is 0 Å². The van der Waals surface area contributed by atoms with E-state index in [0.717, 1.165) is 36.3 Å². The van der Waals surface area contributed by atoms with E-state index in [9.17, 15) is 14.4 Å². The second-order valence-electron chi connectivity index (χ2n) is 8.82. The number of rotatable bonds is 7. The van der Waals surface area contributed by atoms with Gasteiger partial charge in [-0.2, -0.15) is 0 Å². The van der Waals surface area contributed by atoms with E-state index in [1.165, 1.54) is 16.2 Å². The summed E-state index contributed by atoms with van der Waals surface area (Å²) >= 11 is 1.36. The first kappa shape index (κ1) is 21.0. The van der Waals surface area contributed by atoms with E-state index in [4.69, 9.17) is 0 Å². The lowest BCUT2D eigenvalue weighted by Crippen LogP contribution is -2.38. The minimum Gasteiger partial charge on any atom is -0.300 e. The number of hydrogen-bond donors (Lipinski definition) is 1. The van der Waals surface area contributed by atoms with E-state index in [2.05, 4.69) is 34.6 Å². The van der Waals surface area contributed by atoms with Crippen molar-refractivity contribution in [3.63, 3.8) is 0 Å². The third-order valence-electron chi connectivity index (χ3n) is 6.85. The lowest BCUT2D eigenvalue weighted by atomic mass is 9.63. The Labute approximate surface area is 190 Å². The summed E-state index contributed by atoms with van der Waals surface area (Å²) in [6.07, 6.45) is 7.88. The number of nitrogens with one attached hydrogen (secondary N) is 1. The Morgan fingerprint density at radius 1 is 1.09 bits per heavy atom. The molecule has 2 fully saturated rings. The van der Waals surface area contributed by atoms with E-state index in [0.29, 0.717) is 5.13 Å². The Bertz CT molecular complexity index is 1030. The van der Waals surface area contributed by atoms with Crippen LogP contribution in [0.15, 0.2) is 42.5 Å². The van der Waals surface area contributed by atoms with Crippen molar-refractivity contribution >= 4 is 34.2 Å². The molecule has 3 amide bonds. The number of amides is 3. The number of allylic oxidation sites excluding steroid dienone is 2. The van der Waals surface area contributed by atoms with Crippen LogP contribution in [0.1, 0.15) is 49.2 Å². The minimum atomic E-state index is -0.635. The van der Waals surface area contributed by atoms with Gasteiger partial charge in [-0.3, -0.25) is 19.3 Å². The molecule has 2 heterocycles. The molecule has 1 aliphatic heterocycles. The van der Waals surface area contributed by atoms with Crippen LogP contribution in [-0.4, -0.2) is 32.8 Å². The molecule has 5 atom stereocenters. The zero-order chi connectivity index (χ0) is 22.2. The molecule has 166 valence electrons. The number of fused-ring (bicyclic) bond motifs is 1. The summed E-state index contributed by atoms with van der Waals surface area (Å²) in [4.78, 5) is 41.3. The van der Waals surface area contributed by atoms with Gasteiger partial charge in [0.2, 0.25) is 22.9 Å². The molecule has 4 aliphatic rings. The number of aryl methyl sites for hydroxylation is 1. The third kappa shape index (κ3) is 3.66. The van der Waals surface area contributed by atoms with Crippen LogP contribution in [0.4, 0.5) is 5.13 Å². The second-order valence-corrected chi connectivity index (χ2v) is 9.88. The molecule has 1 N–H and O–H groups in total. The van der Waals surface area contributed by atoms with Crippen LogP contribution >= 0.6 is 11.3 Å². The molecule has 2 aromatic rings. The lowest BCUT2D eigenvalue weighted by molar-refractivity contribution is -0.143. The Morgan fingerprint density at radius 3 is 2.34 bits per heavy atom. The summed E-state index contributed by atoms with van der Waals surface area (Å²) in [5.74, 6) is -0.899. The van der Waals surface area contributed by atoms with E-state index < -0.39 is 6.04 Å². The molecule has 1 aromatic carbocycles. The van der Waals surface area contributed by atoms with Crippen LogP contribution in [0.3, 0.4) is 0 Å². The predicted octanol–water partition coefficient (Wildman–Crippen LogP) is 3.76. The largest absolute Gasteiger partial charge is 0.300 e. The minimum absolute atomic E-state index is 0.00755. The molecule has 2 bridgehead atoms. The van der Waals surface area contributed by atoms with Crippen molar-refractivity contribution in [1.82, 2.24) is 15.1 Å². The van der Waals surface area contributed by atoms with Crippen molar-refractivity contribution in [3.8, 4) is 0 Å². The SMILES string of the molecule is CCCc1nnc(NC(=O)C[C@H](c2ccccc2)N2C(=O)[C@@H]3[C@H](C2=O)[C@H]2C=C[C@H]3CC2)s1. The van der Waals surface area contributed by atoms with Crippen LogP contribution in [-0.2, 0) is 20.8 Å². The number of imide groups is 1. The fourth-order valence-corrected chi connectivity index (χ4v) is 6.26. The average molecular weight is 451 g/mol. The molecule has 3 aliphatic carbocycles. The smallest absolute Gasteiger partial charge is 0.234 e. The van der Waals surface area contributed by atoms with Gasteiger partial charge >= 0.3 is 0 Å². The fraction of sp³-hybridized carbons (Fsp3) is 0.458. The summed E-state index contributed by atoms with van der Waals surface area (Å²) in [5.41, 5.74) is 0.784. The molecule has 0 unspecified atom stereocenters. The molecule has 7 nitrogen and oxygen atoms in total. The van der Waals surface area contributed by atoms with Crippen LogP contribution in [0.25, 0.3) is 0 Å². The normalized spacial score (nSPS) is 27.0. The number of hydrogen-bond acceptors (Lipinski definition) is 6. The summed E-state index contributed by atoms with van der Waals surface area (Å²) in [6.45, 7) is 2.06. The maximum Gasteiger partial charge on any atom is 0.234 e. The number of carbonyl (C=O) groups is 3. The predicted molar refractivity (Wildman–Crippen MR) is 121 cm³/mol. The first-order valence-electron chi connectivity index (χ1n) is 11.3. The number of carbonyl (C=O) groups excluding carboxylic acids is 3. The summed E-state index contributed by atoms with van der Waals surface area (Å²) < 4.78 is 0. The maximum absolute atomic E-state index is 13.5. The Morgan fingerprint density at radius 2 is 1.75 bits per heavy atom. The number of aromatic nitrogens is 2. The van der Waals surface area contributed by atoms with Gasteiger partial charge in [0.25, 0.3) is 0 Å². The van der Waals surface area contributed by atoms with Gasteiger partial charge in [0.05, 0.1) is 24.3 Å². The van der Waals surface area contributed by atoms with Crippen molar-refractivity contribution in [2.75, 3.05) is 5.32 Å². The zero-order valence-electron chi connectivity index (χ0n) is 17.9. The highest BCUT2D eigenvalue weighted by atomic mass is 32.1. The van der Waals surface area contributed by atoms with Gasteiger partial charge in [-0.15, -0.1) is 10.2 Å². The van der Waals surface area contributed by atoms with E-state index in [1.807, 2.05) is 30.3 Å². The Balaban J connectivity index is 1.40. The first-order chi connectivity index (χ1) is 15.6. The fourth-order valence-electron chi connectivity index (χ4n) is 5.40. The molecule has 1 saturated heterocycles. The van der Waals surface area contributed by atoms with Crippen LogP contribution in [0, 0.1) is 23.7 Å². The maximum atomic E-state index is 13.5. The van der Waals surface area contributed by atoms with Crippen molar-refractivity contribution in [1.29, 1.82) is 0 Å². The highest BCUT2D eigenvalue weighted by molar-refractivity contribution is 7.15. The molecular weight excluding hydrogens is 424 g/mol. The van der Waals surface area contributed by atoms with E-state index >= 15 is 0 Å².